The lowest BCUT2D eigenvalue weighted by Gasteiger charge is -2.29. The van der Waals surface area contributed by atoms with Crippen molar-refractivity contribution in [3.05, 3.63) is 58.9 Å². The first-order valence-electron chi connectivity index (χ1n) is 10.4. The van der Waals surface area contributed by atoms with Gasteiger partial charge in [0.2, 0.25) is 0 Å². The fourth-order valence-electron chi connectivity index (χ4n) is 3.61. The number of hydrogen-bond donors (Lipinski definition) is 1. The molecule has 0 saturated heterocycles. The number of carbonyl (C=O) groups is 1. The summed E-state index contributed by atoms with van der Waals surface area (Å²) in [7, 11) is 1.62. The molecular formula is C25H30N2O4. The summed E-state index contributed by atoms with van der Waals surface area (Å²) in [6.07, 6.45) is -0.542. The molecular weight excluding hydrogens is 392 g/mol. The number of fused-ring (bicyclic) bond motifs is 1. The SMILES string of the molecule is CC(C)Cn1c(N(C)C(=O)OC(C)(C)C)c(-c2ccccc2)c2ccc(O)cc2c1=O. The molecule has 2 aromatic carbocycles. The van der Waals surface area contributed by atoms with E-state index >= 15 is 0 Å². The van der Waals surface area contributed by atoms with E-state index in [2.05, 4.69) is 0 Å². The molecule has 6 heteroatoms. The van der Waals surface area contributed by atoms with Crippen molar-refractivity contribution in [2.45, 2.75) is 46.8 Å². The van der Waals surface area contributed by atoms with Gasteiger partial charge in [-0.05, 0) is 55.8 Å². The zero-order chi connectivity index (χ0) is 22.9. The van der Waals surface area contributed by atoms with E-state index in [1.807, 2.05) is 44.2 Å². The van der Waals surface area contributed by atoms with Crippen LogP contribution in [0.3, 0.4) is 0 Å². The van der Waals surface area contributed by atoms with E-state index in [1.54, 1.807) is 44.5 Å². The Labute approximate surface area is 182 Å². The Hall–Kier alpha value is -3.28. The Morgan fingerprint density at radius 2 is 1.74 bits per heavy atom. The number of nitrogens with zero attached hydrogens (tertiary/aromatic N) is 2. The quantitative estimate of drug-likeness (QED) is 0.611. The molecule has 1 N–H and O–H groups in total. The average molecular weight is 423 g/mol. The molecule has 1 amide bonds. The maximum absolute atomic E-state index is 13.5. The minimum atomic E-state index is -0.677. The fraction of sp³-hybridized carbons (Fsp3) is 0.360. The molecule has 0 aliphatic heterocycles. The van der Waals surface area contributed by atoms with Crippen LogP contribution in [0, 0.1) is 5.92 Å². The van der Waals surface area contributed by atoms with Crippen molar-refractivity contribution < 1.29 is 14.6 Å². The van der Waals surface area contributed by atoms with Gasteiger partial charge in [-0.15, -0.1) is 0 Å². The molecule has 0 aliphatic rings. The predicted molar refractivity (Wildman–Crippen MR) is 125 cm³/mol. The molecule has 3 aromatic rings. The molecule has 0 radical (unpaired) electrons. The Kier molecular flexibility index (Phi) is 6.11. The van der Waals surface area contributed by atoms with Crippen LogP contribution in [0.2, 0.25) is 0 Å². The molecule has 31 heavy (non-hydrogen) atoms. The monoisotopic (exact) mass is 422 g/mol. The fourth-order valence-corrected chi connectivity index (χ4v) is 3.61. The minimum absolute atomic E-state index is 0.0213. The lowest BCUT2D eigenvalue weighted by atomic mass is 9.98. The van der Waals surface area contributed by atoms with Crippen LogP contribution < -0.4 is 10.5 Å². The van der Waals surface area contributed by atoms with Gasteiger partial charge in [-0.25, -0.2) is 4.79 Å². The van der Waals surface area contributed by atoms with Crippen molar-refractivity contribution in [3.8, 4) is 16.9 Å². The standard InChI is InChI=1S/C25H30N2O4/c1-16(2)15-27-22(26(6)24(30)31-25(3,4)5)21(17-10-8-7-9-11-17)19-13-12-18(28)14-20(19)23(27)29/h7-14,16,28H,15H2,1-6H3. The van der Waals surface area contributed by atoms with Crippen LogP contribution in [0.5, 0.6) is 5.75 Å². The predicted octanol–water partition coefficient (Wildman–Crippen LogP) is 5.40. The second-order valence-electron chi connectivity index (χ2n) is 9.14. The van der Waals surface area contributed by atoms with Crippen molar-refractivity contribution in [2.75, 3.05) is 11.9 Å². The summed E-state index contributed by atoms with van der Waals surface area (Å²) in [5, 5.41) is 11.1. The van der Waals surface area contributed by atoms with Crippen LogP contribution in [-0.4, -0.2) is 28.4 Å². The van der Waals surface area contributed by atoms with Gasteiger partial charge in [0, 0.05) is 19.2 Å². The van der Waals surface area contributed by atoms with E-state index in [9.17, 15) is 14.7 Å². The van der Waals surface area contributed by atoms with E-state index in [4.69, 9.17) is 4.74 Å². The number of ether oxygens (including phenoxy) is 1. The number of benzene rings is 2. The first-order valence-corrected chi connectivity index (χ1v) is 10.4. The molecule has 0 spiro atoms. The lowest BCUT2D eigenvalue weighted by molar-refractivity contribution is 0.0587. The highest BCUT2D eigenvalue weighted by atomic mass is 16.6. The van der Waals surface area contributed by atoms with Gasteiger partial charge in [0.05, 0.1) is 5.39 Å². The maximum atomic E-state index is 13.5. The number of aromatic nitrogens is 1. The largest absolute Gasteiger partial charge is 0.508 e. The highest BCUT2D eigenvalue weighted by Crippen LogP contribution is 2.37. The second kappa shape index (κ2) is 8.46. The first kappa shape index (κ1) is 22.4. The molecule has 0 fully saturated rings. The van der Waals surface area contributed by atoms with Crippen molar-refractivity contribution in [1.29, 1.82) is 0 Å². The van der Waals surface area contributed by atoms with Gasteiger partial charge in [0.25, 0.3) is 5.56 Å². The minimum Gasteiger partial charge on any atom is -0.508 e. The zero-order valence-corrected chi connectivity index (χ0v) is 19.0. The highest BCUT2D eigenvalue weighted by molar-refractivity contribution is 6.05. The molecule has 0 aliphatic carbocycles. The highest BCUT2D eigenvalue weighted by Gasteiger charge is 2.28. The van der Waals surface area contributed by atoms with Gasteiger partial charge in [-0.2, -0.15) is 0 Å². The topological polar surface area (TPSA) is 71.8 Å². The first-order chi connectivity index (χ1) is 14.5. The third-order valence-corrected chi connectivity index (χ3v) is 4.82. The van der Waals surface area contributed by atoms with Crippen LogP contribution in [-0.2, 0) is 11.3 Å². The number of phenolic OH excluding ortho intramolecular Hbond substituents is 1. The van der Waals surface area contributed by atoms with Crippen molar-refractivity contribution in [2.24, 2.45) is 5.92 Å². The molecule has 0 saturated carbocycles. The summed E-state index contributed by atoms with van der Waals surface area (Å²) in [5.74, 6) is 0.646. The normalized spacial score (nSPS) is 11.7. The number of amides is 1. The van der Waals surface area contributed by atoms with E-state index in [0.717, 1.165) is 11.1 Å². The Morgan fingerprint density at radius 3 is 2.32 bits per heavy atom. The van der Waals surface area contributed by atoms with Gasteiger partial charge < -0.3 is 9.84 Å². The summed E-state index contributed by atoms with van der Waals surface area (Å²) >= 11 is 0. The van der Waals surface area contributed by atoms with E-state index in [1.165, 1.54) is 11.0 Å². The third-order valence-electron chi connectivity index (χ3n) is 4.82. The van der Waals surface area contributed by atoms with Gasteiger partial charge >= 0.3 is 6.09 Å². The summed E-state index contributed by atoms with van der Waals surface area (Å²) in [5.41, 5.74) is 0.666. The van der Waals surface area contributed by atoms with E-state index in [-0.39, 0.29) is 17.2 Å². The van der Waals surface area contributed by atoms with Crippen LogP contribution in [0.15, 0.2) is 53.3 Å². The molecule has 3 rings (SSSR count). The smallest absolute Gasteiger partial charge is 0.415 e. The number of rotatable bonds is 4. The van der Waals surface area contributed by atoms with Crippen LogP contribution in [0.4, 0.5) is 10.6 Å². The van der Waals surface area contributed by atoms with Gasteiger partial charge in [-0.3, -0.25) is 14.3 Å². The van der Waals surface area contributed by atoms with Crippen LogP contribution in [0.1, 0.15) is 34.6 Å². The number of anilines is 1. The Morgan fingerprint density at radius 1 is 1.10 bits per heavy atom. The second-order valence-corrected chi connectivity index (χ2v) is 9.14. The molecule has 0 unspecified atom stereocenters. The summed E-state index contributed by atoms with van der Waals surface area (Å²) in [6.45, 7) is 9.85. The summed E-state index contributed by atoms with van der Waals surface area (Å²) in [4.78, 5) is 27.9. The van der Waals surface area contributed by atoms with Crippen LogP contribution >= 0.6 is 0 Å². The number of pyridine rings is 1. The average Bonchev–Trinajstić information content (AvgIpc) is 2.68. The van der Waals surface area contributed by atoms with Crippen LogP contribution in [0.25, 0.3) is 21.9 Å². The molecule has 164 valence electrons. The van der Waals surface area contributed by atoms with Gasteiger partial charge in [0.15, 0.2) is 0 Å². The van der Waals surface area contributed by atoms with E-state index < -0.39 is 11.7 Å². The maximum Gasteiger partial charge on any atom is 0.415 e. The number of phenols is 1. The lowest BCUT2D eigenvalue weighted by Crippen LogP contribution is -2.38. The Bertz CT molecular complexity index is 1160. The van der Waals surface area contributed by atoms with Gasteiger partial charge in [-0.1, -0.05) is 44.2 Å². The van der Waals surface area contributed by atoms with Crippen molar-refractivity contribution >= 4 is 22.7 Å². The van der Waals surface area contributed by atoms with Crippen molar-refractivity contribution in [1.82, 2.24) is 4.57 Å². The molecule has 0 bridgehead atoms. The third kappa shape index (κ3) is 4.74. The van der Waals surface area contributed by atoms with Gasteiger partial charge in [0.1, 0.15) is 17.2 Å². The summed E-state index contributed by atoms with van der Waals surface area (Å²) in [6, 6.07) is 14.4. The molecule has 0 atom stereocenters. The summed E-state index contributed by atoms with van der Waals surface area (Å²) < 4.78 is 7.22. The Balaban J connectivity index is 2.43. The zero-order valence-electron chi connectivity index (χ0n) is 19.0. The van der Waals surface area contributed by atoms with Crippen molar-refractivity contribution in [3.63, 3.8) is 0 Å². The number of aromatic hydroxyl groups is 1. The molecule has 6 nitrogen and oxygen atoms in total. The number of carbonyl (C=O) groups excluding carboxylic acids is 1. The number of hydrogen-bond acceptors (Lipinski definition) is 4. The molecule has 1 heterocycles. The van der Waals surface area contributed by atoms with E-state index in [0.29, 0.717) is 23.1 Å². The molecule has 1 aromatic heterocycles.